The SMILES string of the molecule is COc1ccc(C2/C(=C(/O)c3ccc(OCC(C)C)c(C)c3)C(=O)C(=O)N2Cc2cccnc2)cc1OC. The number of likely N-dealkylation sites (tertiary alicyclic amines) is 1. The number of Topliss-reactive ketones (excluding diaryl/α,β-unsaturated/α-hetero) is 1. The number of aliphatic hydroxyl groups is 1. The molecule has 1 aromatic heterocycles. The number of methoxy groups -OCH3 is 2. The van der Waals surface area contributed by atoms with E-state index < -0.39 is 17.7 Å². The number of pyridine rings is 1. The van der Waals surface area contributed by atoms with Crippen molar-refractivity contribution in [1.29, 1.82) is 0 Å². The Balaban J connectivity index is 1.83. The van der Waals surface area contributed by atoms with Gasteiger partial charge in [-0.1, -0.05) is 26.0 Å². The molecule has 1 N–H and O–H groups in total. The highest BCUT2D eigenvalue weighted by atomic mass is 16.5. The first-order valence-electron chi connectivity index (χ1n) is 12.4. The zero-order chi connectivity index (χ0) is 27.4. The number of hydrogen-bond donors (Lipinski definition) is 1. The number of benzene rings is 2. The molecule has 0 bridgehead atoms. The summed E-state index contributed by atoms with van der Waals surface area (Å²) in [6.07, 6.45) is 3.28. The van der Waals surface area contributed by atoms with Gasteiger partial charge in [0, 0.05) is 24.5 Å². The second-order valence-electron chi connectivity index (χ2n) is 9.59. The Morgan fingerprint density at radius 2 is 1.76 bits per heavy atom. The zero-order valence-electron chi connectivity index (χ0n) is 22.2. The molecule has 1 aliphatic heterocycles. The van der Waals surface area contributed by atoms with Crippen LogP contribution in [0.5, 0.6) is 17.2 Å². The first-order chi connectivity index (χ1) is 18.2. The minimum atomic E-state index is -0.854. The third-order valence-corrected chi connectivity index (χ3v) is 6.36. The number of nitrogens with zero attached hydrogens (tertiary/aromatic N) is 2. The second kappa shape index (κ2) is 11.4. The molecule has 3 aromatic rings. The van der Waals surface area contributed by atoms with Crippen LogP contribution in [0.1, 0.15) is 42.1 Å². The molecule has 1 amide bonds. The van der Waals surface area contributed by atoms with Gasteiger partial charge in [-0.2, -0.15) is 0 Å². The van der Waals surface area contributed by atoms with Crippen LogP contribution < -0.4 is 14.2 Å². The summed E-state index contributed by atoms with van der Waals surface area (Å²) >= 11 is 0. The predicted octanol–water partition coefficient (Wildman–Crippen LogP) is 5.06. The number of carbonyl (C=O) groups excluding carboxylic acids is 2. The Morgan fingerprint density at radius 3 is 2.39 bits per heavy atom. The van der Waals surface area contributed by atoms with Gasteiger partial charge in [-0.15, -0.1) is 0 Å². The fourth-order valence-corrected chi connectivity index (χ4v) is 4.47. The Kier molecular flexibility index (Phi) is 8.00. The summed E-state index contributed by atoms with van der Waals surface area (Å²) in [5, 5.41) is 11.5. The van der Waals surface area contributed by atoms with Crippen LogP contribution in [0.25, 0.3) is 5.76 Å². The molecule has 0 radical (unpaired) electrons. The van der Waals surface area contributed by atoms with Gasteiger partial charge in [-0.05, 0) is 65.9 Å². The van der Waals surface area contributed by atoms with Gasteiger partial charge in [0.25, 0.3) is 11.7 Å². The van der Waals surface area contributed by atoms with Crippen molar-refractivity contribution in [2.75, 3.05) is 20.8 Å². The average molecular weight is 517 g/mol. The lowest BCUT2D eigenvalue weighted by molar-refractivity contribution is -0.140. The molecule has 198 valence electrons. The number of aryl methyl sites for hydroxylation is 1. The Hall–Kier alpha value is -4.33. The molecular weight excluding hydrogens is 484 g/mol. The quantitative estimate of drug-likeness (QED) is 0.241. The highest BCUT2D eigenvalue weighted by Gasteiger charge is 2.46. The van der Waals surface area contributed by atoms with Crippen molar-refractivity contribution < 1.29 is 28.9 Å². The number of carbonyl (C=O) groups is 2. The van der Waals surface area contributed by atoms with Crippen molar-refractivity contribution in [1.82, 2.24) is 9.88 Å². The molecule has 0 saturated carbocycles. The highest BCUT2D eigenvalue weighted by molar-refractivity contribution is 6.46. The van der Waals surface area contributed by atoms with Gasteiger partial charge in [0.15, 0.2) is 11.5 Å². The van der Waals surface area contributed by atoms with Gasteiger partial charge in [0.2, 0.25) is 0 Å². The summed E-state index contributed by atoms with van der Waals surface area (Å²) in [5.74, 6) is 0.291. The molecule has 1 fully saturated rings. The van der Waals surface area contributed by atoms with Crippen LogP contribution in [0.2, 0.25) is 0 Å². The number of aliphatic hydroxyl groups excluding tert-OH is 1. The molecule has 38 heavy (non-hydrogen) atoms. The lowest BCUT2D eigenvalue weighted by Gasteiger charge is -2.26. The third kappa shape index (κ3) is 5.34. The molecule has 1 atom stereocenters. The minimum Gasteiger partial charge on any atom is -0.507 e. The van der Waals surface area contributed by atoms with Crippen LogP contribution in [0.15, 0.2) is 66.5 Å². The van der Waals surface area contributed by atoms with Gasteiger partial charge in [-0.3, -0.25) is 14.6 Å². The van der Waals surface area contributed by atoms with Crippen LogP contribution in [-0.4, -0.2) is 47.5 Å². The van der Waals surface area contributed by atoms with E-state index in [0.717, 1.165) is 11.1 Å². The summed E-state index contributed by atoms with van der Waals surface area (Å²) in [5.41, 5.74) is 2.58. The van der Waals surface area contributed by atoms with Crippen LogP contribution in [0.3, 0.4) is 0 Å². The molecule has 0 spiro atoms. The summed E-state index contributed by atoms with van der Waals surface area (Å²) in [4.78, 5) is 32.3. The molecule has 4 rings (SSSR count). The molecule has 8 nitrogen and oxygen atoms in total. The Bertz CT molecular complexity index is 1370. The molecule has 2 aromatic carbocycles. The maximum Gasteiger partial charge on any atom is 0.295 e. The van der Waals surface area contributed by atoms with E-state index in [1.54, 1.807) is 54.9 Å². The highest BCUT2D eigenvalue weighted by Crippen LogP contribution is 2.43. The van der Waals surface area contributed by atoms with E-state index in [1.807, 2.05) is 13.0 Å². The summed E-state index contributed by atoms with van der Waals surface area (Å²) in [6.45, 7) is 6.70. The summed E-state index contributed by atoms with van der Waals surface area (Å²) < 4.78 is 16.7. The molecule has 1 unspecified atom stereocenters. The fraction of sp³-hybridized carbons (Fsp3) is 0.300. The number of ether oxygens (including phenoxy) is 3. The van der Waals surface area contributed by atoms with Crippen molar-refractivity contribution >= 4 is 17.4 Å². The Morgan fingerprint density at radius 1 is 1.03 bits per heavy atom. The minimum absolute atomic E-state index is 0.00126. The summed E-state index contributed by atoms with van der Waals surface area (Å²) in [7, 11) is 3.04. The van der Waals surface area contributed by atoms with Crippen LogP contribution in [0, 0.1) is 12.8 Å². The fourth-order valence-electron chi connectivity index (χ4n) is 4.47. The molecule has 2 heterocycles. The van der Waals surface area contributed by atoms with Crippen molar-refractivity contribution in [2.24, 2.45) is 5.92 Å². The predicted molar refractivity (Wildman–Crippen MR) is 143 cm³/mol. The summed E-state index contributed by atoms with van der Waals surface area (Å²) in [6, 6.07) is 13.1. The smallest absolute Gasteiger partial charge is 0.295 e. The van der Waals surface area contributed by atoms with Gasteiger partial charge >= 0.3 is 0 Å². The van der Waals surface area contributed by atoms with E-state index in [0.29, 0.717) is 40.9 Å². The van der Waals surface area contributed by atoms with E-state index >= 15 is 0 Å². The lowest BCUT2D eigenvalue weighted by atomic mass is 9.94. The van der Waals surface area contributed by atoms with Crippen LogP contribution >= 0.6 is 0 Å². The maximum atomic E-state index is 13.4. The average Bonchev–Trinajstić information content (AvgIpc) is 3.16. The normalized spacial score (nSPS) is 16.7. The molecular formula is C30H32N2O6. The number of rotatable bonds is 9. The monoisotopic (exact) mass is 516 g/mol. The third-order valence-electron chi connectivity index (χ3n) is 6.36. The van der Waals surface area contributed by atoms with E-state index in [4.69, 9.17) is 14.2 Å². The molecule has 1 aliphatic rings. The van der Waals surface area contributed by atoms with Crippen LogP contribution in [0.4, 0.5) is 0 Å². The number of ketones is 1. The van der Waals surface area contributed by atoms with E-state index in [2.05, 4.69) is 18.8 Å². The maximum absolute atomic E-state index is 13.4. The molecule has 8 heteroatoms. The first-order valence-corrected chi connectivity index (χ1v) is 12.4. The Labute approximate surface area is 222 Å². The molecule has 0 aliphatic carbocycles. The number of amides is 1. The van der Waals surface area contributed by atoms with Crippen molar-refractivity contribution in [2.45, 2.75) is 33.4 Å². The number of hydrogen-bond acceptors (Lipinski definition) is 7. The molecule has 1 saturated heterocycles. The second-order valence-corrected chi connectivity index (χ2v) is 9.59. The van der Waals surface area contributed by atoms with Gasteiger partial charge < -0.3 is 24.2 Å². The van der Waals surface area contributed by atoms with Gasteiger partial charge in [0.05, 0.1) is 32.4 Å². The van der Waals surface area contributed by atoms with E-state index in [-0.39, 0.29) is 17.9 Å². The van der Waals surface area contributed by atoms with Crippen molar-refractivity contribution in [3.05, 3.63) is 88.8 Å². The lowest BCUT2D eigenvalue weighted by Crippen LogP contribution is -2.29. The van der Waals surface area contributed by atoms with Crippen LogP contribution in [-0.2, 0) is 16.1 Å². The van der Waals surface area contributed by atoms with E-state index in [9.17, 15) is 14.7 Å². The van der Waals surface area contributed by atoms with Crippen molar-refractivity contribution in [3.8, 4) is 17.2 Å². The topological polar surface area (TPSA) is 98.2 Å². The zero-order valence-corrected chi connectivity index (χ0v) is 22.2. The first kappa shape index (κ1) is 26.7. The standard InChI is InChI=1S/C30H32N2O6/c1-18(2)17-38-23-10-9-22(13-19(23)3)28(33)26-27(21-8-11-24(36-4)25(14-21)37-5)32(30(35)29(26)34)16-20-7-6-12-31-15-20/h6-15,18,27,33H,16-17H2,1-5H3/b28-26-. The van der Waals surface area contributed by atoms with E-state index in [1.165, 1.54) is 19.1 Å². The van der Waals surface area contributed by atoms with Crippen molar-refractivity contribution in [3.63, 3.8) is 0 Å². The number of aromatic nitrogens is 1. The largest absolute Gasteiger partial charge is 0.507 e. The van der Waals surface area contributed by atoms with Gasteiger partial charge in [-0.25, -0.2) is 0 Å². The van der Waals surface area contributed by atoms with Gasteiger partial charge in [0.1, 0.15) is 11.5 Å².